The summed E-state index contributed by atoms with van der Waals surface area (Å²) in [7, 11) is 0. The zero-order valence-electron chi connectivity index (χ0n) is 9.92. The van der Waals surface area contributed by atoms with E-state index in [1.54, 1.807) is 6.07 Å². The summed E-state index contributed by atoms with van der Waals surface area (Å²) in [5.41, 5.74) is 1.63. The van der Waals surface area contributed by atoms with E-state index in [9.17, 15) is 4.79 Å². The van der Waals surface area contributed by atoms with Gasteiger partial charge in [0.1, 0.15) is 0 Å². The summed E-state index contributed by atoms with van der Waals surface area (Å²) in [5, 5.41) is 6.96. The van der Waals surface area contributed by atoms with Crippen LogP contribution >= 0.6 is 11.6 Å². The summed E-state index contributed by atoms with van der Waals surface area (Å²) in [6, 6.07) is 5.70. The molecule has 1 fully saturated rings. The van der Waals surface area contributed by atoms with Gasteiger partial charge in [-0.3, -0.25) is 4.79 Å². The molecule has 0 bridgehead atoms. The van der Waals surface area contributed by atoms with Gasteiger partial charge in [-0.1, -0.05) is 17.7 Å². The van der Waals surface area contributed by atoms with Gasteiger partial charge < -0.3 is 10.6 Å². The number of nitrogens with one attached hydrogen (secondary N) is 2. The minimum atomic E-state index is -0.0289. The first-order valence-corrected chi connectivity index (χ1v) is 6.32. The van der Waals surface area contributed by atoms with Crippen LogP contribution in [0.25, 0.3) is 0 Å². The number of carbonyl (C=O) groups is 1. The molecule has 0 radical (unpaired) electrons. The lowest BCUT2D eigenvalue weighted by Crippen LogP contribution is -2.42. The second-order valence-corrected chi connectivity index (χ2v) is 4.87. The monoisotopic (exact) mass is 252 g/mol. The van der Waals surface area contributed by atoms with Crippen molar-refractivity contribution >= 4 is 17.5 Å². The molecule has 4 heteroatoms. The van der Waals surface area contributed by atoms with Gasteiger partial charge in [0.25, 0.3) is 5.91 Å². The lowest BCUT2D eigenvalue weighted by Gasteiger charge is -2.23. The van der Waals surface area contributed by atoms with E-state index in [4.69, 9.17) is 11.6 Å². The van der Waals surface area contributed by atoms with Gasteiger partial charge in [-0.2, -0.15) is 0 Å². The van der Waals surface area contributed by atoms with Crippen molar-refractivity contribution in [2.24, 2.45) is 0 Å². The maximum Gasteiger partial charge on any atom is 0.251 e. The number of carbonyl (C=O) groups excluding carboxylic acids is 1. The quantitative estimate of drug-likeness (QED) is 0.847. The van der Waals surface area contributed by atoms with Crippen LogP contribution in [-0.2, 0) is 0 Å². The molecule has 2 N–H and O–H groups in total. The molecule has 1 aliphatic heterocycles. The fraction of sp³-hybridized carbons (Fsp3) is 0.462. The molecule has 1 aliphatic rings. The minimum Gasteiger partial charge on any atom is -0.349 e. The normalized spacial score (nSPS) is 16.8. The molecule has 0 atom stereocenters. The van der Waals surface area contributed by atoms with Gasteiger partial charge in [0, 0.05) is 16.6 Å². The van der Waals surface area contributed by atoms with Gasteiger partial charge in [0.15, 0.2) is 0 Å². The van der Waals surface area contributed by atoms with Crippen molar-refractivity contribution in [3.63, 3.8) is 0 Å². The van der Waals surface area contributed by atoms with Gasteiger partial charge in [0.05, 0.1) is 0 Å². The molecule has 1 aromatic rings. The summed E-state index contributed by atoms with van der Waals surface area (Å²) in [6.07, 6.45) is 1.98. The van der Waals surface area contributed by atoms with Gasteiger partial charge in [-0.15, -0.1) is 0 Å². The molecular formula is C13H17ClN2O. The van der Waals surface area contributed by atoms with Crippen LogP contribution in [-0.4, -0.2) is 25.0 Å². The molecule has 0 saturated carbocycles. The number of rotatable bonds is 2. The number of benzene rings is 1. The van der Waals surface area contributed by atoms with E-state index in [1.807, 2.05) is 19.1 Å². The highest BCUT2D eigenvalue weighted by Crippen LogP contribution is 2.17. The Morgan fingerprint density at radius 1 is 1.41 bits per heavy atom. The van der Waals surface area contributed by atoms with Crippen LogP contribution in [0.3, 0.4) is 0 Å². The summed E-state index contributed by atoms with van der Waals surface area (Å²) < 4.78 is 0. The molecule has 0 aromatic heterocycles. The van der Waals surface area contributed by atoms with Crippen molar-refractivity contribution in [1.29, 1.82) is 0 Å². The third-order valence-electron chi connectivity index (χ3n) is 3.11. The number of aryl methyl sites for hydroxylation is 1. The van der Waals surface area contributed by atoms with E-state index < -0.39 is 0 Å². The fourth-order valence-corrected chi connectivity index (χ4v) is 2.15. The molecule has 0 unspecified atom stereocenters. The molecule has 92 valence electrons. The van der Waals surface area contributed by atoms with E-state index in [-0.39, 0.29) is 11.9 Å². The Balaban J connectivity index is 2.01. The van der Waals surface area contributed by atoms with Crippen molar-refractivity contribution in [2.75, 3.05) is 13.1 Å². The molecule has 1 saturated heterocycles. The van der Waals surface area contributed by atoms with E-state index in [1.165, 1.54) is 0 Å². The maximum absolute atomic E-state index is 12.0. The molecule has 1 heterocycles. The van der Waals surface area contributed by atoms with Gasteiger partial charge in [0.2, 0.25) is 0 Å². The Kier molecular flexibility index (Phi) is 4.02. The highest BCUT2D eigenvalue weighted by molar-refractivity contribution is 6.31. The molecular weight excluding hydrogens is 236 g/mol. The number of piperidine rings is 1. The third-order valence-corrected chi connectivity index (χ3v) is 3.52. The van der Waals surface area contributed by atoms with Crippen molar-refractivity contribution in [3.8, 4) is 0 Å². The van der Waals surface area contributed by atoms with Gasteiger partial charge in [-0.05, 0) is 50.6 Å². The van der Waals surface area contributed by atoms with E-state index >= 15 is 0 Å². The SMILES string of the molecule is Cc1ccc(C(=O)NC2CCNCC2)cc1Cl. The Morgan fingerprint density at radius 3 is 2.76 bits per heavy atom. The number of halogens is 1. The molecule has 17 heavy (non-hydrogen) atoms. The van der Waals surface area contributed by atoms with Crippen LogP contribution in [0.5, 0.6) is 0 Å². The molecule has 1 aromatic carbocycles. The molecule has 2 rings (SSSR count). The second kappa shape index (κ2) is 5.52. The van der Waals surface area contributed by atoms with Crippen molar-refractivity contribution in [2.45, 2.75) is 25.8 Å². The van der Waals surface area contributed by atoms with E-state index in [0.717, 1.165) is 31.5 Å². The smallest absolute Gasteiger partial charge is 0.251 e. The first kappa shape index (κ1) is 12.4. The van der Waals surface area contributed by atoms with Crippen molar-refractivity contribution < 1.29 is 4.79 Å². The maximum atomic E-state index is 12.0. The first-order valence-electron chi connectivity index (χ1n) is 5.94. The van der Waals surface area contributed by atoms with E-state index in [0.29, 0.717) is 10.6 Å². The average molecular weight is 253 g/mol. The third kappa shape index (κ3) is 3.20. The average Bonchev–Trinajstić information content (AvgIpc) is 2.34. The minimum absolute atomic E-state index is 0.0289. The summed E-state index contributed by atoms with van der Waals surface area (Å²) >= 11 is 6.01. The topological polar surface area (TPSA) is 41.1 Å². The van der Waals surface area contributed by atoms with Gasteiger partial charge in [-0.25, -0.2) is 0 Å². The summed E-state index contributed by atoms with van der Waals surface area (Å²) in [5.74, 6) is -0.0289. The molecule has 3 nitrogen and oxygen atoms in total. The molecule has 0 spiro atoms. The fourth-order valence-electron chi connectivity index (χ4n) is 1.97. The van der Waals surface area contributed by atoms with Crippen LogP contribution in [0.2, 0.25) is 5.02 Å². The van der Waals surface area contributed by atoms with Crippen LogP contribution in [0.15, 0.2) is 18.2 Å². The van der Waals surface area contributed by atoms with Crippen molar-refractivity contribution in [3.05, 3.63) is 34.3 Å². The summed E-state index contributed by atoms with van der Waals surface area (Å²) in [6.45, 7) is 3.87. The van der Waals surface area contributed by atoms with Crippen LogP contribution in [0, 0.1) is 6.92 Å². The van der Waals surface area contributed by atoms with Crippen molar-refractivity contribution in [1.82, 2.24) is 10.6 Å². The Labute approximate surface area is 107 Å². The largest absolute Gasteiger partial charge is 0.349 e. The zero-order valence-corrected chi connectivity index (χ0v) is 10.7. The van der Waals surface area contributed by atoms with Crippen LogP contribution < -0.4 is 10.6 Å². The number of amides is 1. The Bertz CT molecular complexity index is 414. The van der Waals surface area contributed by atoms with Gasteiger partial charge >= 0.3 is 0 Å². The lowest BCUT2D eigenvalue weighted by molar-refractivity contribution is 0.0929. The Hall–Kier alpha value is -1.06. The van der Waals surface area contributed by atoms with Crippen LogP contribution in [0.4, 0.5) is 0 Å². The lowest BCUT2D eigenvalue weighted by atomic mass is 10.1. The van der Waals surface area contributed by atoms with E-state index in [2.05, 4.69) is 10.6 Å². The highest BCUT2D eigenvalue weighted by atomic mass is 35.5. The molecule has 0 aliphatic carbocycles. The highest BCUT2D eigenvalue weighted by Gasteiger charge is 2.16. The Morgan fingerprint density at radius 2 is 2.12 bits per heavy atom. The molecule has 1 amide bonds. The second-order valence-electron chi connectivity index (χ2n) is 4.46. The first-order chi connectivity index (χ1) is 8.16. The predicted molar refractivity (Wildman–Crippen MR) is 69.5 cm³/mol. The summed E-state index contributed by atoms with van der Waals surface area (Å²) in [4.78, 5) is 12.0. The standard InChI is InChI=1S/C13H17ClN2O/c1-9-2-3-10(8-12(9)14)13(17)16-11-4-6-15-7-5-11/h2-3,8,11,15H,4-7H2,1H3,(H,16,17). The number of hydrogen-bond acceptors (Lipinski definition) is 2. The number of hydrogen-bond donors (Lipinski definition) is 2. The predicted octanol–water partition coefficient (Wildman–Crippen LogP) is 2.13. The van der Waals surface area contributed by atoms with Crippen LogP contribution in [0.1, 0.15) is 28.8 Å². The zero-order chi connectivity index (χ0) is 12.3.